The maximum absolute atomic E-state index is 12.9. The molecule has 1 aliphatic rings. The van der Waals surface area contributed by atoms with Crippen LogP contribution in [-0.4, -0.2) is 38.8 Å². The van der Waals surface area contributed by atoms with Crippen molar-refractivity contribution in [3.05, 3.63) is 59.7 Å². The van der Waals surface area contributed by atoms with Crippen LogP contribution < -0.4 is 4.90 Å². The molecule has 2 aromatic carbocycles. The van der Waals surface area contributed by atoms with Crippen molar-refractivity contribution < 1.29 is 26.4 Å². The molecule has 0 atom stereocenters. The highest BCUT2D eigenvalue weighted by Gasteiger charge is 2.33. The van der Waals surface area contributed by atoms with Gasteiger partial charge in [0.25, 0.3) is 0 Å². The summed E-state index contributed by atoms with van der Waals surface area (Å²) in [7, 11) is -2.54. The summed E-state index contributed by atoms with van der Waals surface area (Å²) in [6, 6.07) is 11.0. The van der Waals surface area contributed by atoms with Gasteiger partial charge in [-0.1, -0.05) is 18.2 Å². The molecule has 28 heavy (non-hydrogen) atoms. The van der Waals surface area contributed by atoms with Gasteiger partial charge in [-0.25, -0.2) is 8.42 Å². The molecule has 0 fully saturated rings. The van der Waals surface area contributed by atoms with Crippen molar-refractivity contribution in [1.29, 1.82) is 0 Å². The first-order valence-corrected chi connectivity index (χ1v) is 10.1. The Morgan fingerprint density at radius 3 is 2.46 bits per heavy atom. The monoisotopic (exact) mass is 412 g/mol. The van der Waals surface area contributed by atoms with E-state index >= 15 is 0 Å². The maximum Gasteiger partial charge on any atom is 0.416 e. The quantitative estimate of drug-likeness (QED) is 0.774. The normalized spacial score (nSPS) is 14.8. The fraction of sp³-hybridized carbons (Fsp3) is 0.316. The molecule has 0 aromatic heterocycles. The Hall–Kier alpha value is -2.39. The lowest BCUT2D eigenvalue weighted by Gasteiger charge is -2.31. The molecular weight excluding hydrogens is 393 g/mol. The molecule has 0 unspecified atom stereocenters. The lowest BCUT2D eigenvalue weighted by atomic mass is 9.99. The zero-order valence-corrected chi connectivity index (χ0v) is 15.9. The molecule has 0 aliphatic carbocycles. The summed E-state index contributed by atoms with van der Waals surface area (Å²) in [5.74, 6) is -0.484. The van der Waals surface area contributed by atoms with Crippen molar-refractivity contribution in [3.8, 4) is 0 Å². The van der Waals surface area contributed by atoms with Crippen LogP contribution in [0.4, 0.5) is 18.9 Å². The number of amides is 1. The molecule has 5 nitrogen and oxygen atoms in total. The van der Waals surface area contributed by atoms with Gasteiger partial charge in [0.2, 0.25) is 15.9 Å². The van der Waals surface area contributed by atoms with Gasteiger partial charge in [-0.3, -0.25) is 4.79 Å². The van der Waals surface area contributed by atoms with Crippen LogP contribution >= 0.6 is 0 Å². The standard InChI is InChI=1S/C19H19F3N2O3S/c1-23(28(26,27)16-7-3-2-4-8-16)13-18(25)24-11-5-6-14-12-15(19(20,21)22)9-10-17(14)24/h2-4,7-10,12H,5-6,11,13H2,1H3. The number of alkyl halides is 3. The number of anilines is 1. The largest absolute Gasteiger partial charge is 0.416 e. The summed E-state index contributed by atoms with van der Waals surface area (Å²) in [6.45, 7) is -0.0753. The minimum absolute atomic E-state index is 0.0687. The van der Waals surface area contributed by atoms with Gasteiger partial charge in [0.05, 0.1) is 17.0 Å². The van der Waals surface area contributed by atoms with Gasteiger partial charge in [-0.2, -0.15) is 17.5 Å². The molecule has 0 bridgehead atoms. The number of rotatable bonds is 4. The van der Waals surface area contributed by atoms with E-state index < -0.39 is 34.2 Å². The molecule has 0 saturated carbocycles. The van der Waals surface area contributed by atoms with Crippen molar-refractivity contribution in [2.24, 2.45) is 0 Å². The van der Waals surface area contributed by atoms with Crippen LogP contribution in [0, 0.1) is 0 Å². The minimum Gasteiger partial charge on any atom is -0.311 e. The van der Waals surface area contributed by atoms with E-state index in [2.05, 4.69) is 0 Å². The summed E-state index contributed by atoms with van der Waals surface area (Å²) in [6.07, 6.45) is -3.51. The number of hydrogen-bond donors (Lipinski definition) is 0. The Morgan fingerprint density at radius 1 is 1.14 bits per heavy atom. The number of fused-ring (bicyclic) bond motifs is 1. The van der Waals surface area contributed by atoms with E-state index in [1.54, 1.807) is 18.2 Å². The predicted octanol–water partition coefficient (Wildman–Crippen LogP) is 3.31. The second kappa shape index (κ2) is 7.56. The minimum atomic E-state index is -4.45. The number of carbonyl (C=O) groups excluding carboxylic acids is 1. The number of aryl methyl sites for hydroxylation is 1. The molecule has 1 amide bonds. The SMILES string of the molecule is CN(CC(=O)N1CCCc2cc(C(F)(F)F)ccc21)S(=O)(=O)c1ccccc1. The van der Waals surface area contributed by atoms with Crippen LogP contribution in [0.25, 0.3) is 0 Å². The molecule has 3 rings (SSSR count). The highest BCUT2D eigenvalue weighted by Crippen LogP contribution is 2.35. The van der Waals surface area contributed by atoms with Crippen molar-refractivity contribution in [1.82, 2.24) is 4.31 Å². The van der Waals surface area contributed by atoms with Crippen LogP contribution in [0.3, 0.4) is 0 Å². The summed E-state index contributed by atoms with van der Waals surface area (Å²) in [5, 5.41) is 0. The van der Waals surface area contributed by atoms with Gasteiger partial charge in [0, 0.05) is 19.3 Å². The summed E-state index contributed by atoms with van der Waals surface area (Å²) in [5.41, 5.74) is 0.0714. The second-order valence-electron chi connectivity index (χ2n) is 6.56. The van der Waals surface area contributed by atoms with Gasteiger partial charge in [0.15, 0.2) is 0 Å². The molecule has 2 aromatic rings. The Kier molecular flexibility index (Phi) is 5.49. The van der Waals surface area contributed by atoms with E-state index in [9.17, 15) is 26.4 Å². The van der Waals surface area contributed by atoms with Gasteiger partial charge in [-0.05, 0) is 48.7 Å². The average Bonchev–Trinajstić information content (AvgIpc) is 2.66. The van der Waals surface area contributed by atoms with Gasteiger partial charge in [0.1, 0.15) is 0 Å². The van der Waals surface area contributed by atoms with Crippen molar-refractivity contribution in [3.63, 3.8) is 0 Å². The maximum atomic E-state index is 12.9. The van der Waals surface area contributed by atoms with Gasteiger partial charge >= 0.3 is 6.18 Å². The third-order valence-electron chi connectivity index (χ3n) is 4.64. The van der Waals surface area contributed by atoms with Crippen LogP contribution in [-0.2, 0) is 27.4 Å². The zero-order valence-electron chi connectivity index (χ0n) is 15.1. The molecule has 0 radical (unpaired) electrons. The number of benzene rings is 2. The fourth-order valence-electron chi connectivity index (χ4n) is 3.17. The van der Waals surface area contributed by atoms with E-state index in [1.165, 1.54) is 30.1 Å². The number of likely N-dealkylation sites (N-methyl/N-ethyl adjacent to an activating group) is 1. The van der Waals surface area contributed by atoms with Crippen LogP contribution in [0.1, 0.15) is 17.5 Å². The highest BCUT2D eigenvalue weighted by atomic mass is 32.2. The Labute approximate surface area is 161 Å². The number of nitrogens with zero attached hydrogens (tertiary/aromatic N) is 2. The fourth-order valence-corrected chi connectivity index (χ4v) is 4.31. The smallest absolute Gasteiger partial charge is 0.311 e. The molecule has 1 aliphatic heterocycles. The highest BCUT2D eigenvalue weighted by molar-refractivity contribution is 7.89. The lowest BCUT2D eigenvalue weighted by molar-refractivity contribution is -0.137. The Morgan fingerprint density at radius 2 is 1.82 bits per heavy atom. The topological polar surface area (TPSA) is 57.7 Å². The third-order valence-corrected chi connectivity index (χ3v) is 6.45. The number of hydrogen-bond acceptors (Lipinski definition) is 3. The summed E-state index contributed by atoms with van der Waals surface area (Å²) in [4.78, 5) is 14.2. The van der Waals surface area contributed by atoms with E-state index in [4.69, 9.17) is 0 Å². The van der Waals surface area contributed by atoms with Gasteiger partial charge in [-0.15, -0.1) is 0 Å². The molecule has 9 heteroatoms. The van der Waals surface area contributed by atoms with Crippen LogP contribution in [0.2, 0.25) is 0 Å². The molecule has 0 N–H and O–H groups in total. The first kappa shape index (κ1) is 20.3. The number of carbonyl (C=O) groups is 1. The zero-order chi connectivity index (χ0) is 20.5. The van der Waals surface area contributed by atoms with Gasteiger partial charge < -0.3 is 4.90 Å². The number of halogens is 3. The molecule has 0 saturated heterocycles. The van der Waals surface area contributed by atoms with Crippen LogP contribution in [0.5, 0.6) is 0 Å². The van der Waals surface area contributed by atoms with Crippen molar-refractivity contribution in [2.75, 3.05) is 25.0 Å². The molecule has 0 spiro atoms. The first-order valence-electron chi connectivity index (χ1n) is 8.62. The first-order chi connectivity index (χ1) is 13.1. The third kappa shape index (κ3) is 4.05. The lowest BCUT2D eigenvalue weighted by Crippen LogP contribution is -2.43. The van der Waals surface area contributed by atoms with E-state index in [0.29, 0.717) is 30.6 Å². The van der Waals surface area contributed by atoms with Crippen molar-refractivity contribution >= 4 is 21.6 Å². The second-order valence-corrected chi connectivity index (χ2v) is 8.61. The van der Waals surface area contributed by atoms with Crippen molar-refractivity contribution in [2.45, 2.75) is 23.9 Å². The van der Waals surface area contributed by atoms with E-state index in [1.807, 2.05) is 0 Å². The molecule has 1 heterocycles. The average molecular weight is 412 g/mol. The Bertz CT molecular complexity index is 976. The Balaban J connectivity index is 1.81. The van der Waals surface area contributed by atoms with E-state index in [0.717, 1.165) is 16.4 Å². The number of sulfonamides is 1. The summed E-state index contributed by atoms with van der Waals surface area (Å²) < 4.78 is 64.9. The summed E-state index contributed by atoms with van der Waals surface area (Å²) >= 11 is 0. The predicted molar refractivity (Wildman–Crippen MR) is 98.4 cm³/mol. The molecule has 150 valence electrons. The van der Waals surface area contributed by atoms with E-state index in [-0.39, 0.29) is 4.90 Å². The molecular formula is C19H19F3N2O3S. The van der Waals surface area contributed by atoms with Crippen LogP contribution in [0.15, 0.2) is 53.4 Å².